The third-order valence-electron chi connectivity index (χ3n) is 5.11. The molecule has 4 rings (SSSR count). The number of amides is 1. The van der Waals surface area contributed by atoms with E-state index in [2.05, 4.69) is 21.2 Å². The maximum absolute atomic E-state index is 13.2. The van der Waals surface area contributed by atoms with Gasteiger partial charge in [0.2, 0.25) is 5.78 Å². The number of ketones is 1. The van der Waals surface area contributed by atoms with Crippen LogP contribution in [0.3, 0.4) is 0 Å². The van der Waals surface area contributed by atoms with Crippen LogP contribution in [-0.2, 0) is 0 Å². The van der Waals surface area contributed by atoms with Crippen molar-refractivity contribution >= 4 is 45.6 Å². The average Bonchev–Trinajstić information content (AvgIpc) is 3.13. The summed E-state index contributed by atoms with van der Waals surface area (Å²) in [6.45, 7) is 2.54. The number of allylic oxidation sites excluding steroid dienone is 1. The lowest BCUT2D eigenvalue weighted by molar-refractivity contribution is 0.104. The second-order valence-corrected chi connectivity index (χ2v) is 8.98. The van der Waals surface area contributed by atoms with E-state index in [9.17, 15) is 14.7 Å². The number of carbonyl (C=O) groups is 2. The molecule has 2 aliphatic heterocycles. The lowest BCUT2D eigenvalue weighted by Crippen LogP contribution is -2.47. The molecule has 32 heavy (non-hydrogen) atoms. The largest absolute Gasteiger partial charge is 0.503 e. The quantitative estimate of drug-likeness (QED) is 0.585. The van der Waals surface area contributed by atoms with Gasteiger partial charge in [0, 0.05) is 26.2 Å². The number of aromatic hydroxyl groups is 1. The predicted molar refractivity (Wildman–Crippen MR) is 124 cm³/mol. The van der Waals surface area contributed by atoms with Crippen molar-refractivity contribution in [3.63, 3.8) is 0 Å². The van der Waals surface area contributed by atoms with Crippen molar-refractivity contribution in [2.75, 3.05) is 40.4 Å². The molecule has 1 amide bonds. The zero-order chi connectivity index (χ0) is 22.8. The predicted octanol–water partition coefficient (Wildman–Crippen LogP) is 3.91. The van der Waals surface area contributed by atoms with Gasteiger partial charge >= 0.3 is 6.09 Å². The van der Waals surface area contributed by atoms with Gasteiger partial charge in [-0.25, -0.2) is 4.79 Å². The minimum Gasteiger partial charge on any atom is -0.503 e. The third kappa shape index (κ3) is 4.30. The fourth-order valence-corrected chi connectivity index (χ4v) is 5.05. The van der Waals surface area contributed by atoms with E-state index < -0.39 is 6.09 Å². The highest BCUT2D eigenvalue weighted by molar-refractivity contribution is 9.10. The van der Waals surface area contributed by atoms with Gasteiger partial charge < -0.3 is 29.5 Å². The van der Waals surface area contributed by atoms with Crippen LogP contribution < -0.4 is 19.5 Å². The minimum absolute atomic E-state index is 0.0212. The van der Waals surface area contributed by atoms with E-state index in [4.69, 9.17) is 14.2 Å². The van der Waals surface area contributed by atoms with Gasteiger partial charge in [0.15, 0.2) is 11.5 Å². The molecule has 0 atom stereocenters. The van der Waals surface area contributed by atoms with Crippen molar-refractivity contribution in [3.05, 3.63) is 44.8 Å². The smallest absolute Gasteiger partial charge is 0.415 e. The van der Waals surface area contributed by atoms with Crippen LogP contribution in [-0.4, -0.2) is 62.3 Å². The number of hydrogen-bond acceptors (Lipinski definition) is 8. The highest BCUT2D eigenvalue weighted by atomic mass is 79.9. The molecule has 0 aliphatic carbocycles. The Bertz CT molecular complexity index is 1110. The van der Waals surface area contributed by atoms with E-state index in [0.29, 0.717) is 63.1 Å². The number of nitrogens with zero attached hydrogens (tertiary/aromatic N) is 1. The van der Waals surface area contributed by atoms with Crippen LogP contribution in [0.15, 0.2) is 38.5 Å². The molecule has 168 valence electrons. The molecule has 0 spiro atoms. The van der Waals surface area contributed by atoms with Crippen molar-refractivity contribution in [2.45, 2.75) is 4.90 Å². The summed E-state index contributed by atoms with van der Waals surface area (Å²) in [5.41, 5.74) is 1.02. The number of halogens is 1. The fourth-order valence-electron chi connectivity index (χ4n) is 3.48. The van der Waals surface area contributed by atoms with Crippen LogP contribution in [0.1, 0.15) is 15.9 Å². The van der Waals surface area contributed by atoms with Gasteiger partial charge in [-0.2, -0.15) is 0 Å². The van der Waals surface area contributed by atoms with E-state index in [1.54, 1.807) is 35.2 Å². The van der Waals surface area contributed by atoms with E-state index in [-0.39, 0.29) is 17.3 Å². The summed E-state index contributed by atoms with van der Waals surface area (Å²) in [5, 5.41) is 13.2. The molecular formula is C22H21BrN2O6S. The molecule has 0 saturated carbocycles. The number of Topliss-reactive ketones (excluding diaryl/α,β-unsaturated/α-hetero) is 1. The molecule has 2 aliphatic rings. The van der Waals surface area contributed by atoms with Crippen LogP contribution in [0.25, 0.3) is 6.08 Å². The number of hydrogen-bond donors (Lipinski definition) is 2. The lowest BCUT2D eigenvalue weighted by Gasteiger charge is -2.26. The lowest BCUT2D eigenvalue weighted by atomic mass is 10.1. The molecule has 0 unspecified atom stereocenters. The molecule has 1 saturated heterocycles. The van der Waals surface area contributed by atoms with E-state index in [1.807, 2.05) is 0 Å². The Morgan fingerprint density at radius 2 is 1.84 bits per heavy atom. The standard InChI is InChI=1S/C22H21BrN2O6S/c1-29-14-3-4-15(31-22(28)25-7-5-24-6-8-25)21-18(14)20(27)17(32-21)11-12-9-13(23)19(26)16(10-12)30-2/h3-4,9-11,24,26H,5-8H2,1-2H3/b17-11-. The summed E-state index contributed by atoms with van der Waals surface area (Å²) >= 11 is 4.50. The van der Waals surface area contributed by atoms with Gasteiger partial charge in [0.05, 0.1) is 34.1 Å². The Labute approximate surface area is 197 Å². The zero-order valence-electron chi connectivity index (χ0n) is 17.4. The number of phenolic OH excluding ortho intramolecular Hbond substituents is 1. The van der Waals surface area contributed by atoms with Gasteiger partial charge in [-0.05, 0) is 51.8 Å². The van der Waals surface area contributed by atoms with Gasteiger partial charge in [0.25, 0.3) is 0 Å². The maximum Gasteiger partial charge on any atom is 0.415 e. The molecule has 0 radical (unpaired) electrons. The van der Waals surface area contributed by atoms with Crippen LogP contribution in [0.5, 0.6) is 23.0 Å². The Morgan fingerprint density at radius 1 is 1.16 bits per heavy atom. The number of thioether (sulfide) groups is 1. The third-order valence-corrected chi connectivity index (χ3v) is 6.84. The summed E-state index contributed by atoms with van der Waals surface area (Å²) < 4.78 is 16.7. The van der Waals surface area contributed by atoms with Gasteiger partial charge in [-0.15, -0.1) is 0 Å². The number of nitrogens with one attached hydrogen (secondary N) is 1. The number of carbonyl (C=O) groups excluding carboxylic acids is 2. The van der Waals surface area contributed by atoms with Crippen LogP contribution in [0.4, 0.5) is 4.79 Å². The first-order valence-electron chi connectivity index (χ1n) is 9.82. The Kier molecular flexibility index (Phi) is 6.63. The molecule has 2 N–H and O–H groups in total. The second kappa shape index (κ2) is 9.43. The highest BCUT2D eigenvalue weighted by Gasteiger charge is 2.34. The number of piperazine rings is 1. The number of ether oxygens (including phenoxy) is 3. The molecule has 2 aromatic carbocycles. The summed E-state index contributed by atoms with van der Waals surface area (Å²) in [4.78, 5) is 28.4. The van der Waals surface area contributed by atoms with Crippen molar-refractivity contribution in [1.82, 2.24) is 10.2 Å². The van der Waals surface area contributed by atoms with Crippen molar-refractivity contribution < 1.29 is 28.9 Å². The first-order valence-corrected chi connectivity index (χ1v) is 11.4. The molecule has 1 fully saturated rings. The SMILES string of the molecule is COc1cc(/C=C2\Sc3c(OC(=O)N4CCNCC4)ccc(OC)c3C2=O)cc(Br)c1O. The molecule has 0 aromatic heterocycles. The Morgan fingerprint density at radius 3 is 2.53 bits per heavy atom. The number of benzene rings is 2. The first kappa shape index (κ1) is 22.5. The van der Waals surface area contributed by atoms with Crippen LogP contribution in [0, 0.1) is 0 Å². The molecule has 8 nitrogen and oxygen atoms in total. The fraction of sp³-hybridized carbons (Fsp3) is 0.273. The van der Waals surface area contributed by atoms with Crippen molar-refractivity contribution in [2.24, 2.45) is 0 Å². The molecule has 2 heterocycles. The summed E-state index contributed by atoms with van der Waals surface area (Å²) in [5.74, 6) is 0.752. The second-order valence-electron chi connectivity index (χ2n) is 7.07. The Hall–Kier alpha value is -2.69. The molecule has 2 aromatic rings. The average molecular weight is 521 g/mol. The van der Waals surface area contributed by atoms with Gasteiger partial charge in [-0.3, -0.25) is 4.79 Å². The van der Waals surface area contributed by atoms with Gasteiger partial charge in [-0.1, -0.05) is 11.8 Å². The minimum atomic E-state index is -0.448. The highest BCUT2D eigenvalue weighted by Crippen LogP contribution is 2.50. The summed E-state index contributed by atoms with van der Waals surface area (Å²) in [6.07, 6.45) is 1.25. The molecule has 0 bridgehead atoms. The summed E-state index contributed by atoms with van der Waals surface area (Å²) in [6, 6.07) is 6.58. The number of rotatable bonds is 4. The van der Waals surface area contributed by atoms with Crippen molar-refractivity contribution in [1.29, 1.82) is 0 Å². The topological polar surface area (TPSA) is 97.3 Å². The molecule has 10 heteroatoms. The van der Waals surface area contributed by atoms with E-state index >= 15 is 0 Å². The monoisotopic (exact) mass is 520 g/mol. The van der Waals surface area contributed by atoms with Crippen LogP contribution >= 0.6 is 27.7 Å². The number of methoxy groups -OCH3 is 2. The van der Waals surface area contributed by atoms with Gasteiger partial charge in [0.1, 0.15) is 11.5 Å². The van der Waals surface area contributed by atoms with E-state index in [1.165, 1.54) is 26.0 Å². The Balaban J connectivity index is 1.67. The van der Waals surface area contributed by atoms with Crippen molar-refractivity contribution in [3.8, 4) is 23.0 Å². The summed E-state index contributed by atoms with van der Waals surface area (Å²) in [7, 11) is 2.94. The molecular weight excluding hydrogens is 500 g/mol. The first-order chi connectivity index (χ1) is 15.4. The normalized spacial score (nSPS) is 16.8. The van der Waals surface area contributed by atoms with Crippen LogP contribution in [0.2, 0.25) is 0 Å². The number of phenols is 1. The number of fused-ring (bicyclic) bond motifs is 1. The zero-order valence-corrected chi connectivity index (χ0v) is 19.8. The maximum atomic E-state index is 13.2. The van der Waals surface area contributed by atoms with E-state index in [0.717, 1.165) is 0 Å².